The topological polar surface area (TPSA) is 70.9 Å². The highest BCUT2D eigenvalue weighted by Crippen LogP contribution is 2.43. The molecule has 1 spiro atoms. The number of piperidine rings is 1. The highest BCUT2D eigenvalue weighted by molar-refractivity contribution is 5.82. The molecule has 8 heteroatoms. The molecule has 0 aromatic carbocycles. The van der Waals surface area contributed by atoms with Gasteiger partial charge in [-0.05, 0) is 57.6 Å². The molecule has 4 rings (SSSR count). The Kier molecular flexibility index (Phi) is 6.40. The first-order valence-electron chi connectivity index (χ1n) is 11.6. The van der Waals surface area contributed by atoms with E-state index in [1.807, 2.05) is 28.5 Å². The third-order valence-corrected chi connectivity index (χ3v) is 7.78. The molecular formula is C23H37N5O3. The molecular weight excluding hydrogens is 394 g/mol. The van der Waals surface area contributed by atoms with E-state index in [2.05, 4.69) is 24.0 Å². The van der Waals surface area contributed by atoms with Crippen molar-refractivity contribution in [1.82, 2.24) is 24.5 Å². The minimum atomic E-state index is -0.0307. The molecule has 0 aliphatic carbocycles. The molecule has 0 N–H and O–H groups in total. The van der Waals surface area contributed by atoms with Gasteiger partial charge in [-0.25, -0.2) is 0 Å². The van der Waals surface area contributed by atoms with Crippen LogP contribution in [0.2, 0.25) is 0 Å². The van der Waals surface area contributed by atoms with Gasteiger partial charge < -0.3 is 14.5 Å². The summed E-state index contributed by atoms with van der Waals surface area (Å²) in [5.74, 6) is 0.494. The Morgan fingerprint density at radius 1 is 1.06 bits per heavy atom. The number of hydrogen-bond acceptors (Lipinski definition) is 5. The Balaban J connectivity index is 1.29. The van der Waals surface area contributed by atoms with E-state index in [4.69, 9.17) is 4.74 Å². The van der Waals surface area contributed by atoms with Gasteiger partial charge in [-0.15, -0.1) is 0 Å². The fourth-order valence-corrected chi connectivity index (χ4v) is 5.70. The van der Waals surface area contributed by atoms with E-state index in [1.54, 1.807) is 0 Å². The van der Waals surface area contributed by atoms with Crippen molar-refractivity contribution in [2.45, 2.75) is 52.0 Å². The second-order valence-corrected chi connectivity index (χ2v) is 9.73. The van der Waals surface area contributed by atoms with Gasteiger partial charge in [0.05, 0.1) is 24.9 Å². The summed E-state index contributed by atoms with van der Waals surface area (Å²) in [6.45, 7) is 9.32. The van der Waals surface area contributed by atoms with E-state index in [-0.39, 0.29) is 23.3 Å². The van der Waals surface area contributed by atoms with Crippen molar-refractivity contribution in [3.8, 4) is 0 Å². The molecule has 8 nitrogen and oxygen atoms in total. The monoisotopic (exact) mass is 431 g/mol. The van der Waals surface area contributed by atoms with E-state index in [0.717, 1.165) is 56.7 Å². The van der Waals surface area contributed by atoms with Crippen LogP contribution in [0.5, 0.6) is 0 Å². The highest BCUT2D eigenvalue weighted by Gasteiger charge is 2.48. The van der Waals surface area contributed by atoms with Crippen molar-refractivity contribution in [3.63, 3.8) is 0 Å². The summed E-state index contributed by atoms with van der Waals surface area (Å²) < 4.78 is 7.29. The van der Waals surface area contributed by atoms with Gasteiger partial charge in [0.2, 0.25) is 11.8 Å². The second-order valence-electron chi connectivity index (χ2n) is 9.73. The average molecular weight is 432 g/mol. The van der Waals surface area contributed by atoms with Crippen LogP contribution < -0.4 is 0 Å². The number of aromatic nitrogens is 2. The van der Waals surface area contributed by atoms with Gasteiger partial charge in [0, 0.05) is 51.9 Å². The first-order valence-corrected chi connectivity index (χ1v) is 11.6. The number of likely N-dealkylation sites (N-methyl/N-ethyl adjacent to an activating group) is 1. The van der Waals surface area contributed by atoms with Crippen LogP contribution in [-0.2, 0) is 27.8 Å². The molecule has 1 unspecified atom stereocenters. The molecule has 1 aromatic rings. The lowest BCUT2D eigenvalue weighted by molar-refractivity contribution is -0.140. The van der Waals surface area contributed by atoms with E-state index >= 15 is 0 Å². The van der Waals surface area contributed by atoms with Crippen LogP contribution in [0, 0.1) is 19.3 Å². The van der Waals surface area contributed by atoms with Gasteiger partial charge in [0.25, 0.3) is 0 Å². The van der Waals surface area contributed by atoms with Gasteiger partial charge in [-0.1, -0.05) is 0 Å². The van der Waals surface area contributed by atoms with E-state index in [9.17, 15) is 9.59 Å². The maximum absolute atomic E-state index is 13.0. The fourth-order valence-electron chi connectivity index (χ4n) is 5.70. The van der Waals surface area contributed by atoms with Gasteiger partial charge >= 0.3 is 0 Å². The standard InChI is InChI=1S/C23H37N5O3/c1-17-19(18(2)26(4)24-17)5-6-21(29)27-9-7-23(8-10-27)15-20(25(3)16-23)22(30)28-11-13-31-14-12-28/h20H,5-16H2,1-4H3. The molecule has 0 bridgehead atoms. The molecule has 172 valence electrons. The fraction of sp³-hybridized carbons (Fsp3) is 0.783. The maximum atomic E-state index is 13.0. The van der Waals surface area contributed by atoms with Crippen LogP contribution in [0.3, 0.4) is 0 Å². The molecule has 3 aliphatic heterocycles. The molecule has 3 aliphatic rings. The number of ether oxygens (including phenoxy) is 1. The van der Waals surface area contributed by atoms with Crippen molar-refractivity contribution < 1.29 is 14.3 Å². The van der Waals surface area contributed by atoms with Gasteiger partial charge in [-0.2, -0.15) is 5.10 Å². The molecule has 31 heavy (non-hydrogen) atoms. The van der Waals surface area contributed by atoms with E-state index in [1.165, 1.54) is 5.56 Å². The SMILES string of the molecule is Cc1nn(C)c(C)c1CCC(=O)N1CCC2(CC1)CC(C(=O)N1CCOCC1)N(C)C2. The largest absolute Gasteiger partial charge is 0.378 e. The Morgan fingerprint density at radius 3 is 2.35 bits per heavy atom. The first-order chi connectivity index (χ1) is 14.8. The van der Waals surface area contributed by atoms with Gasteiger partial charge in [-0.3, -0.25) is 19.2 Å². The number of likely N-dealkylation sites (tertiary alicyclic amines) is 2. The number of hydrogen-bond donors (Lipinski definition) is 0. The summed E-state index contributed by atoms with van der Waals surface area (Å²) in [4.78, 5) is 32.1. The second kappa shape index (κ2) is 8.90. The zero-order valence-corrected chi connectivity index (χ0v) is 19.5. The van der Waals surface area contributed by atoms with Crippen molar-refractivity contribution >= 4 is 11.8 Å². The zero-order valence-electron chi connectivity index (χ0n) is 19.5. The predicted molar refractivity (Wildman–Crippen MR) is 118 cm³/mol. The molecule has 4 heterocycles. The van der Waals surface area contributed by atoms with Crippen LogP contribution in [0.25, 0.3) is 0 Å². The quantitative estimate of drug-likeness (QED) is 0.715. The summed E-state index contributed by atoms with van der Waals surface area (Å²) >= 11 is 0. The molecule has 3 fully saturated rings. The molecule has 0 radical (unpaired) electrons. The highest BCUT2D eigenvalue weighted by atomic mass is 16.5. The summed E-state index contributed by atoms with van der Waals surface area (Å²) in [6.07, 6.45) is 4.18. The number of carbonyl (C=O) groups is 2. The van der Waals surface area contributed by atoms with Crippen LogP contribution in [0.15, 0.2) is 0 Å². The van der Waals surface area contributed by atoms with Crippen LogP contribution in [0.1, 0.15) is 42.6 Å². The number of morpholine rings is 1. The zero-order chi connectivity index (χ0) is 22.2. The predicted octanol–water partition coefficient (Wildman–Crippen LogP) is 1.14. The normalized spacial score (nSPS) is 24.2. The summed E-state index contributed by atoms with van der Waals surface area (Å²) in [5, 5.41) is 4.46. The number of carbonyl (C=O) groups excluding carboxylic acids is 2. The lowest BCUT2D eigenvalue weighted by atomic mass is 9.76. The van der Waals surface area contributed by atoms with Crippen LogP contribution >= 0.6 is 0 Å². The Bertz CT molecular complexity index is 821. The molecule has 3 saturated heterocycles. The van der Waals surface area contributed by atoms with Crippen molar-refractivity contribution in [1.29, 1.82) is 0 Å². The van der Waals surface area contributed by atoms with Crippen molar-refractivity contribution in [3.05, 3.63) is 17.0 Å². The van der Waals surface area contributed by atoms with E-state index in [0.29, 0.717) is 32.7 Å². The minimum absolute atomic E-state index is 0.0307. The van der Waals surface area contributed by atoms with Crippen molar-refractivity contribution in [2.24, 2.45) is 12.5 Å². The third-order valence-electron chi connectivity index (χ3n) is 7.78. The van der Waals surface area contributed by atoms with Crippen LogP contribution in [-0.4, -0.2) is 95.3 Å². The number of rotatable bonds is 4. The lowest BCUT2D eigenvalue weighted by Crippen LogP contribution is -2.48. The molecule has 2 amide bonds. The first kappa shape index (κ1) is 22.3. The number of aryl methyl sites for hydroxylation is 2. The van der Waals surface area contributed by atoms with Gasteiger partial charge in [0.1, 0.15) is 0 Å². The van der Waals surface area contributed by atoms with Gasteiger partial charge in [0.15, 0.2) is 0 Å². The Labute approximate surface area is 185 Å². The summed E-state index contributed by atoms with van der Waals surface area (Å²) in [5.41, 5.74) is 3.53. The maximum Gasteiger partial charge on any atom is 0.240 e. The minimum Gasteiger partial charge on any atom is -0.378 e. The molecule has 1 atom stereocenters. The number of nitrogens with zero attached hydrogens (tertiary/aromatic N) is 5. The van der Waals surface area contributed by atoms with Crippen molar-refractivity contribution in [2.75, 3.05) is 53.0 Å². The molecule has 1 aromatic heterocycles. The number of amides is 2. The van der Waals surface area contributed by atoms with E-state index < -0.39 is 0 Å². The Hall–Kier alpha value is -1.93. The summed E-state index contributed by atoms with van der Waals surface area (Å²) in [7, 11) is 4.03. The van der Waals surface area contributed by atoms with Crippen LogP contribution in [0.4, 0.5) is 0 Å². The average Bonchev–Trinajstić information content (AvgIpc) is 3.21. The third kappa shape index (κ3) is 4.51. The summed E-state index contributed by atoms with van der Waals surface area (Å²) in [6, 6.07) is -0.0307. The molecule has 0 saturated carbocycles. The Morgan fingerprint density at radius 2 is 1.74 bits per heavy atom. The smallest absolute Gasteiger partial charge is 0.240 e. The lowest BCUT2D eigenvalue weighted by Gasteiger charge is -2.39.